The molecule has 0 radical (unpaired) electrons. The van der Waals surface area contributed by atoms with Crippen LogP contribution in [0.1, 0.15) is 35.6 Å². The van der Waals surface area contributed by atoms with Crippen LogP contribution in [0.4, 0.5) is 0 Å². The highest BCUT2D eigenvalue weighted by Crippen LogP contribution is 2.29. The average molecular weight is 281 g/mol. The maximum absolute atomic E-state index is 5.90. The van der Waals surface area contributed by atoms with Crippen molar-refractivity contribution < 1.29 is 4.74 Å². The molecule has 0 bridgehead atoms. The number of likely N-dealkylation sites (N-methyl/N-ethyl adjacent to an activating group) is 1. The number of hydrogen-bond donors (Lipinski definition) is 1. The van der Waals surface area contributed by atoms with E-state index < -0.39 is 0 Å². The van der Waals surface area contributed by atoms with E-state index >= 15 is 0 Å². The lowest BCUT2D eigenvalue weighted by Crippen LogP contribution is -2.18. The van der Waals surface area contributed by atoms with Gasteiger partial charge in [0.05, 0.1) is 6.10 Å². The van der Waals surface area contributed by atoms with E-state index in [-0.39, 0.29) is 0 Å². The number of hydrogen-bond acceptors (Lipinski definition) is 2. The van der Waals surface area contributed by atoms with Crippen molar-refractivity contribution in [3.8, 4) is 5.75 Å². The van der Waals surface area contributed by atoms with E-state index in [0.29, 0.717) is 12.1 Å². The highest BCUT2D eigenvalue weighted by Gasteiger charge is 2.23. The van der Waals surface area contributed by atoms with Gasteiger partial charge in [-0.3, -0.25) is 0 Å². The van der Waals surface area contributed by atoms with Crippen molar-refractivity contribution >= 4 is 0 Å². The Morgan fingerprint density at radius 3 is 2.57 bits per heavy atom. The van der Waals surface area contributed by atoms with Gasteiger partial charge in [0.1, 0.15) is 5.75 Å². The summed E-state index contributed by atoms with van der Waals surface area (Å²) in [7, 11) is 2.02. The first-order valence-corrected chi connectivity index (χ1v) is 7.74. The Hall–Kier alpha value is -1.80. The fourth-order valence-electron chi connectivity index (χ4n) is 2.53. The zero-order valence-corrected chi connectivity index (χ0v) is 12.8. The number of nitrogens with one attached hydrogen (secondary N) is 1. The van der Waals surface area contributed by atoms with Crippen molar-refractivity contribution in [2.45, 2.75) is 38.3 Å². The van der Waals surface area contributed by atoms with Gasteiger partial charge in [-0.1, -0.05) is 42.0 Å². The highest BCUT2D eigenvalue weighted by molar-refractivity contribution is 5.32. The van der Waals surface area contributed by atoms with Crippen LogP contribution in [0.3, 0.4) is 0 Å². The molecule has 0 aliphatic heterocycles. The lowest BCUT2D eigenvalue weighted by molar-refractivity contribution is 0.302. The van der Waals surface area contributed by atoms with Gasteiger partial charge in [-0.2, -0.15) is 0 Å². The summed E-state index contributed by atoms with van der Waals surface area (Å²) in [5.41, 5.74) is 3.95. The third-order valence-corrected chi connectivity index (χ3v) is 4.00. The predicted octanol–water partition coefficient (Wildman–Crippen LogP) is 4.04. The Labute approximate surface area is 127 Å². The molecule has 1 unspecified atom stereocenters. The molecule has 3 rings (SSSR count). The smallest absolute Gasteiger partial charge is 0.120 e. The molecule has 2 aromatic carbocycles. The minimum absolute atomic E-state index is 0.315. The lowest BCUT2D eigenvalue weighted by Gasteiger charge is -2.18. The monoisotopic (exact) mass is 281 g/mol. The van der Waals surface area contributed by atoms with Crippen molar-refractivity contribution in [2.24, 2.45) is 0 Å². The molecule has 1 aliphatic carbocycles. The van der Waals surface area contributed by atoms with E-state index in [1.165, 1.54) is 29.5 Å². The van der Waals surface area contributed by atoms with Crippen LogP contribution in [-0.2, 0) is 6.42 Å². The fourth-order valence-corrected chi connectivity index (χ4v) is 2.53. The van der Waals surface area contributed by atoms with Gasteiger partial charge in [-0.05, 0) is 56.5 Å². The molecule has 2 aromatic rings. The van der Waals surface area contributed by atoms with Crippen molar-refractivity contribution in [1.82, 2.24) is 5.32 Å². The van der Waals surface area contributed by atoms with Crippen LogP contribution in [0, 0.1) is 6.92 Å². The number of rotatable bonds is 6. The summed E-state index contributed by atoms with van der Waals surface area (Å²) in [6.45, 7) is 2.12. The molecule has 1 saturated carbocycles. The molecule has 0 aromatic heterocycles. The molecule has 0 amide bonds. The summed E-state index contributed by atoms with van der Waals surface area (Å²) < 4.78 is 5.90. The van der Waals surface area contributed by atoms with Gasteiger partial charge < -0.3 is 10.1 Å². The summed E-state index contributed by atoms with van der Waals surface area (Å²) in [4.78, 5) is 0. The topological polar surface area (TPSA) is 21.3 Å². The third kappa shape index (κ3) is 3.85. The molecule has 0 heterocycles. The minimum atomic E-state index is 0.315. The Bertz CT molecular complexity index is 587. The van der Waals surface area contributed by atoms with E-state index in [4.69, 9.17) is 4.74 Å². The molecule has 1 aliphatic rings. The van der Waals surface area contributed by atoms with E-state index in [1.807, 2.05) is 7.05 Å². The van der Waals surface area contributed by atoms with Gasteiger partial charge >= 0.3 is 0 Å². The molecule has 1 atom stereocenters. The van der Waals surface area contributed by atoms with Crippen molar-refractivity contribution in [2.75, 3.05) is 7.05 Å². The van der Waals surface area contributed by atoms with Gasteiger partial charge in [0.25, 0.3) is 0 Å². The van der Waals surface area contributed by atoms with Crippen LogP contribution >= 0.6 is 0 Å². The van der Waals surface area contributed by atoms with Crippen LogP contribution < -0.4 is 10.1 Å². The predicted molar refractivity (Wildman–Crippen MR) is 86.8 cm³/mol. The van der Waals surface area contributed by atoms with Gasteiger partial charge in [0.2, 0.25) is 0 Å². The number of benzene rings is 2. The Morgan fingerprint density at radius 1 is 1.14 bits per heavy atom. The largest absolute Gasteiger partial charge is 0.490 e. The van der Waals surface area contributed by atoms with Crippen LogP contribution in [0.15, 0.2) is 48.5 Å². The Balaban J connectivity index is 1.73. The summed E-state index contributed by atoms with van der Waals surface area (Å²) in [6, 6.07) is 17.6. The molecule has 0 saturated heterocycles. The summed E-state index contributed by atoms with van der Waals surface area (Å²) in [6.07, 6.45) is 3.83. The highest BCUT2D eigenvalue weighted by atomic mass is 16.5. The average Bonchev–Trinajstić information content (AvgIpc) is 3.31. The van der Waals surface area contributed by atoms with E-state index in [0.717, 1.165) is 12.2 Å². The van der Waals surface area contributed by atoms with Gasteiger partial charge in [0.15, 0.2) is 0 Å². The standard InChI is InChI=1S/C19H23NO/c1-14-6-8-15(9-7-14)12-19(20-2)16-4-3-5-18(13-16)21-17-10-11-17/h3-9,13,17,19-20H,10-12H2,1-2H3. The van der Waals surface area contributed by atoms with Crippen LogP contribution in [0.5, 0.6) is 5.75 Å². The molecule has 1 N–H and O–H groups in total. The molecule has 110 valence electrons. The first-order valence-electron chi connectivity index (χ1n) is 7.74. The van der Waals surface area contributed by atoms with E-state index in [9.17, 15) is 0 Å². The van der Waals surface area contributed by atoms with Gasteiger partial charge in [-0.15, -0.1) is 0 Å². The SMILES string of the molecule is CNC(Cc1ccc(C)cc1)c1cccc(OC2CC2)c1. The van der Waals surface area contributed by atoms with Crippen molar-refractivity contribution in [3.63, 3.8) is 0 Å². The Morgan fingerprint density at radius 2 is 1.90 bits per heavy atom. The second-order valence-electron chi connectivity index (χ2n) is 5.92. The molecule has 1 fully saturated rings. The lowest BCUT2D eigenvalue weighted by atomic mass is 9.98. The molecule has 21 heavy (non-hydrogen) atoms. The van der Waals surface area contributed by atoms with Crippen molar-refractivity contribution in [1.29, 1.82) is 0 Å². The van der Waals surface area contributed by atoms with Crippen molar-refractivity contribution in [3.05, 3.63) is 65.2 Å². The molecule has 0 spiro atoms. The molecule has 2 nitrogen and oxygen atoms in total. The van der Waals surface area contributed by atoms with Gasteiger partial charge in [-0.25, -0.2) is 0 Å². The molecular formula is C19H23NO. The quantitative estimate of drug-likeness (QED) is 0.863. The van der Waals surface area contributed by atoms with E-state index in [2.05, 4.69) is 60.8 Å². The van der Waals surface area contributed by atoms with Crippen LogP contribution in [-0.4, -0.2) is 13.2 Å². The second-order valence-corrected chi connectivity index (χ2v) is 5.92. The zero-order valence-electron chi connectivity index (χ0n) is 12.8. The zero-order chi connectivity index (χ0) is 14.7. The van der Waals surface area contributed by atoms with Gasteiger partial charge in [0, 0.05) is 6.04 Å². The summed E-state index contributed by atoms with van der Waals surface area (Å²) in [5.74, 6) is 0.999. The van der Waals surface area contributed by atoms with Crippen LogP contribution in [0.25, 0.3) is 0 Å². The fraction of sp³-hybridized carbons (Fsp3) is 0.368. The Kier molecular flexibility index (Phi) is 4.26. The normalized spacial score (nSPS) is 15.7. The second kappa shape index (κ2) is 6.31. The first-order chi connectivity index (χ1) is 10.2. The van der Waals surface area contributed by atoms with E-state index in [1.54, 1.807) is 0 Å². The first kappa shape index (κ1) is 14.2. The summed E-state index contributed by atoms with van der Waals surface area (Å²) >= 11 is 0. The number of aryl methyl sites for hydroxylation is 1. The molecule has 2 heteroatoms. The maximum Gasteiger partial charge on any atom is 0.120 e. The minimum Gasteiger partial charge on any atom is -0.490 e. The third-order valence-electron chi connectivity index (χ3n) is 4.00. The van der Waals surface area contributed by atoms with Crippen LogP contribution in [0.2, 0.25) is 0 Å². The maximum atomic E-state index is 5.90. The summed E-state index contributed by atoms with van der Waals surface area (Å²) in [5, 5.41) is 3.42. The molecular weight excluding hydrogens is 258 g/mol. The number of ether oxygens (including phenoxy) is 1.